The zero-order chi connectivity index (χ0) is 14.6. The van der Waals surface area contributed by atoms with E-state index in [0.717, 1.165) is 25.7 Å². The molecular weight excluding hydrogens is 300 g/mol. The van der Waals surface area contributed by atoms with E-state index in [2.05, 4.69) is 0 Å². The zero-order valence-electron chi connectivity index (χ0n) is 11.5. The number of benzene rings is 1. The smallest absolute Gasteiger partial charge is 0.233 e. The summed E-state index contributed by atoms with van der Waals surface area (Å²) in [6.45, 7) is 0.367. The third kappa shape index (κ3) is 4.28. The first kappa shape index (κ1) is 15.4. The van der Waals surface area contributed by atoms with Crippen molar-refractivity contribution in [3.8, 4) is 11.5 Å². The van der Waals surface area contributed by atoms with Crippen LogP contribution >= 0.6 is 10.7 Å². The van der Waals surface area contributed by atoms with Gasteiger partial charge in [-0.15, -0.1) is 0 Å². The number of rotatable bonds is 6. The Morgan fingerprint density at radius 3 is 2.50 bits per heavy atom. The molecule has 20 heavy (non-hydrogen) atoms. The molecule has 0 saturated heterocycles. The number of methoxy groups -OCH3 is 1. The Kier molecular flexibility index (Phi) is 4.81. The van der Waals surface area contributed by atoms with E-state index in [9.17, 15) is 8.42 Å². The molecule has 0 bridgehead atoms. The van der Waals surface area contributed by atoms with Gasteiger partial charge in [0.25, 0.3) is 0 Å². The first-order valence-electron chi connectivity index (χ1n) is 6.62. The summed E-state index contributed by atoms with van der Waals surface area (Å²) < 4.78 is 33.7. The van der Waals surface area contributed by atoms with E-state index < -0.39 is 9.05 Å². The molecule has 2 rings (SSSR count). The summed E-state index contributed by atoms with van der Waals surface area (Å²) in [5, 5.41) is 0. The largest absolute Gasteiger partial charge is 0.497 e. The lowest BCUT2D eigenvalue weighted by Gasteiger charge is -2.27. The minimum Gasteiger partial charge on any atom is -0.497 e. The molecule has 1 aliphatic rings. The lowest BCUT2D eigenvalue weighted by Crippen LogP contribution is -2.32. The maximum Gasteiger partial charge on any atom is 0.233 e. The molecule has 1 aliphatic carbocycles. The average Bonchev–Trinajstić information content (AvgIpc) is 2.83. The van der Waals surface area contributed by atoms with Crippen molar-refractivity contribution in [3.05, 3.63) is 24.3 Å². The van der Waals surface area contributed by atoms with Crippen LogP contribution in [0, 0.1) is 5.41 Å². The molecule has 6 heteroatoms. The molecule has 0 aliphatic heterocycles. The monoisotopic (exact) mass is 318 g/mol. The normalized spacial score (nSPS) is 17.9. The molecule has 0 heterocycles. The molecule has 0 radical (unpaired) electrons. The highest BCUT2D eigenvalue weighted by molar-refractivity contribution is 8.13. The molecule has 112 valence electrons. The van der Waals surface area contributed by atoms with Crippen LogP contribution in [0.1, 0.15) is 25.7 Å². The number of hydrogen-bond donors (Lipinski definition) is 0. The topological polar surface area (TPSA) is 52.6 Å². The number of halogens is 1. The molecule has 0 aromatic heterocycles. The van der Waals surface area contributed by atoms with Crippen molar-refractivity contribution in [1.82, 2.24) is 0 Å². The summed E-state index contributed by atoms with van der Waals surface area (Å²) in [5.74, 6) is 1.38. The van der Waals surface area contributed by atoms with Crippen molar-refractivity contribution in [3.63, 3.8) is 0 Å². The first-order valence-corrected chi connectivity index (χ1v) is 9.10. The minimum absolute atomic E-state index is 0.0223. The SMILES string of the molecule is COc1cccc(OCC2(CS(=O)(=O)Cl)CCCC2)c1. The third-order valence-corrected chi connectivity index (χ3v) is 5.01. The Hall–Kier alpha value is -0.940. The van der Waals surface area contributed by atoms with Gasteiger partial charge in [-0.25, -0.2) is 8.42 Å². The van der Waals surface area contributed by atoms with Crippen LogP contribution in [0.15, 0.2) is 24.3 Å². The standard InChI is InChI=1S/C14H19ClO4S/c1-18-12-5-4-6-13(9-12)19-10-14(7-2-3-8-14)11-20(15,16)17/h4-6,9H,2-3,7-8,10-11H2,1H3. The quantitative estimate of drug-likeness (QED) is 0.756. The van der Waals surface area contributed by atoms with Crippen molar-refractivity contribution in [2.75, 3.05) is 19.5 Å². The maximum atomic E-state index is 11.4. The number of ether oxygens (including phenoxy) is 2. The van der Waals surface area contributed by atoms with Crippen LogP contribution in [0.4, 0.5) is 0 Å². The molecule has 0 spiro atoms. The Morgan fingerprint density at radius 1 is 1.25 bits per heavy atom. The summed E-state index contributed by atoms with van der Waals surface area (Å²) in [4.78, 5) is 0. The molecule has 1 fully saturated rings. The summed E-state index contributed by atoms with van der Waals surface area (Å²) >= 11 is 0. The second-order valence-corrected chi connectivity index (χ2v) is 8.13. The van der Waals surface area contributed by atoms with Crippen molar-refractivity contribution < 1.29 is 17.9 Å². The second-order valence-electron chi connectivity index (χ2n) is 5.36. The summed E-state index contributed by atoms with van der Waals surface area (Å²) in [6, 6.07) is 7.30. The molecule has 1 aromatic rings. The number of hydrogen-bond acceptors (Lipinski definition) is 4. The van der Waals surface area contributed by atoms with E-state index in [1.54, 1.807) is 13.2 Å². The Labute approximate surface area is 124 Å². The highest BCUT2D eigenvalue weighted by atomic mass is 35.7. The summed E-state index contributed by atoms with van der Waals surface area (Å²) in [7, 11) is 3.51. The van der Waals surface area contributed by atoms with E-state index in [4.69, 9.17) is 20.2 Å². The van der Waals surface area contributed by atoms with Gasteiger partial charge in [0.2, 0.25) is 9.05 Å². The van der Waals surface area contributed by atoms with Gasteiger partial charge in [0.1, 0.15) is 11.5 Å². The van der Waals surface area contributed by atoms with E-state index in [1.165, 1.54) is 0 Å². The predicted octanol–water partition coefficient (Wildman–Crippen LogP) is 3.20. The Morgan fingerprint density at radius 2 is 1.90 bits per heavy atom. The van der Waals surface area contributed by atoms with Gasteiger partial charge in [0.15, 0.2) is 0 Å². The van der Waals surface area contributed by atoms with Crippen LogP contribution in [0.3, 0.4) is 0 Å². The van der Waals surface area contributed by atoms with Crippen molar-refractivity contribution >= 4 is 19.7 Å². The fraction of sp³-hybridized carbons (Fsp3) is 0.571. The minimum atomic E-state index is -3.52. The summed E-state index contributed by atoms with van der Waals surface area (Å²) in [5.41, 5.74) is -0.357. The van der Waals surface area contributed by atoms with Gasteiger partial charge in [-0.05, 0) is 25.0 Å². The van der Waals surface area contributed by atoms with Gasteiger partial charge < -0.3 is 9.47 Å². The van der Waals surface area contributed by atoms with Crippen LogP contribution in [0.5, 0.6) is 11.5 Å². The van der Waals surface area contributed by atoms with Gasteiger partial charge in [0.05, 0.1) is 19.5 Å². The lowest BCUT2D eigenvalue weighted by molar-refractivity contribution is 0.170. The first-order chi connectivity index (χ1) is 9.42. The highest BCUT2D eigenvalue weighted by Crippen LogP contribution is 2.40. The second kappa shape index (κ2) is 6.22. The van der Waals surface area contributed by atoms with Gasteiger partial charge in [-0.3, -0.25) is 0 Å². The van der Waals surface area contributed by atoms with Crippen LogP contribution in [-0.4, -0.2) is 27.9 Å². The van der Waals surface area contributed by atoms with Crippen molar-refractivity contribution in [2.45, 2.75) is 25.7 Å². The Bertz CT molecular complexity index is 550. The van der Waals surface area contributed by atoms with E-state index >= 15 is 0 Å². The molecule has 0 atom stereocenters. The molecule has 4 nitrogen and oxygen atoms in total. The Balaban J connectivity index is 2.05. The van der Waals surface area contributed by atoms with E-state index in [1.807, 2.05) is 18.2 Å². The fourth-order valence-corrected chi connectivity index (χ4v) is 4.55. The molecule has 1 saturated carbocycles. The molecule has 1 aromatic carbocycles. The molecule has 0 N–H and O–H groups in total. The van der Waals surface area contributed by atoms with Crippen LogP contribution in [-0.2, 0) is 9.05 Å². The van der Waals surface area contributed by atoms with Gasteiger partial charge in [-0.1, -0.05) is 18.9 Å². The van der Waals surface area contributed by atoms with Crippen molar-refractivity contribution in [2.24, 2.45) is 5.41 Å². The van der Waals surface area contributed by atoms with Crippen LogP contribution in [0.25, 0.3) is 0 Å². The van der Waals surface area contributed by atoms with E-state index in [0.29, 0.717) is 18.1 Å². The van der Waals surface area contributed by atoms with E-state index in [-0.39, 0.29) is 11.2 Å². The fourth-order valence-electron chi connectivity index (χ4n) is 2.75. The van der Waals surface area contributed by atoms with Crippen LogP contribution < -0.4 is 9.47 Å². The predicted molar refractivity (Wildman–Crippen MR) is 79.0 cm³/mol. The van der Waals surface area contributed by atoms with Gasteiger partial charge in [0, 0.05) is 22.2 Å². The van der Waals surface area contributed by atoms with Gasteiger partial charge >= 0.3 is 0 Å². The lowest BCUT2D eigenvalue weighted by atomic mass is 9.90. The summed E-state index contributed by atoms with van der Waals surface area (Å²) in [6.07, 6.45) is 3.72. The van der Waals surface area contributed by atoms with Gasteiger partial charge in [-0.2, -0.15) is 0 Å². The zero-order valence-corrected chi connectivity index (χ0v) is 13.0. The molecule has 0 amide bonds. The molecular formula is C14H19ClO4S. The third-order valence-electron chi connectivity index (χ3n) is 3.73. The van der Waals surface area contributed by atoms with Crippen LogP contribution in [0.2, 0.25) is 0 Å². The van der Waals surface area contributed by atoms with Crippen molar-refractivity contribution in [1.29, 1.82) is 0 Å². The average molecular weight is 319 g/mol. The highest BCUT2D eigenvalue weighted by Gasteiger charge is 2.38. The molecule has 0 unspecified atom stereocenters. The maximum absolute atomic E-state index is 11.4.